The van der Waals surface area contributed by atoms with E-state index < -0.39 is 0 Å². The minimum absolute atomic E-state index is 0.340. The van der Waals surface area contributed by atoms with Crippen LogP contribution in [0.4, 0.5) is 17.1 Å². The van der Waals surface area contributed by atoms with Crippen molar-refractivity contribution in [3.05, 3.63) is 139 Å². The number of nitrogens with zero attached hydrogens (tertiary/aromatic N) is 3. The molecular formula is C53H69N3O6. The van der Waals surface area contributed by atoms with Crippen molar-refractivity contribution in [2.75, 3.05) is 26.4 Å². The lowest BCUT2D eigenvalue weighted by Crippen LogP contribution is -2.01. The van der Waals surface area contributed by atoms with Gasteiger partial charge in [0.15, 0.2) is 0 Å². The van der Waals surface area contributed by atoms with Gasteiger partial charge in [0.05, 0.1) is 43.5 Å². The summed E-state index contributed by atoms with van der Waals surface area (Å²) in [5.74, 6) is 1.07. The number of esters is 2. The summed E-state index contributed by atoms with van der Waals surface area (Å²) in [6.45, 7) is 13.5. The quantitative estimate of drug-likeness (QED) is 0.0170. The summed E-state index contributed by atoms with van der Waals surface area (Å²) >= 11 is 0. The molecule has 4 rings (SSSR count). The number of carbonyl (C=O) groups excluding carboxylic acids is 2. The standard InChI is InChI=1S/C27H35NO3.C26H34N2O3/c1-3-5-11-23-12-16-25(17-13-23)28-22-24-14-18-26(19-15-24)30-20-9-7-6-8-10-21-31-27(29)4-2;1-3-5-20-30-25-18-16-24(17-19-25)28-27-23-14-12-22(13-15-23)11-9-7-6-8-10-21-31-26(29)4-2/h4,12-19,22H,2-3,5-11,20-21H2,1H3;4,12-19H,2-3,5-11,20-21H2,1H3. The largest absolute Gasteiger partial charge is 0.494 e. The molecule has 0 aliphatic rings. The zero-order chi connectivity index (χ0) is 44.3. The Kier molecular flexibility index (Phi) is 26.8. The molecule has 9 heteroatoms. The van der Waals surface area contributed by atoms with Gasteiger partial charge in [-0.2, -0.15) is 10.2 Å². The van der Waals surface area contributed by atoms with Crippen LogP contribution in [0.15, 0.2) is 138 Å². The van der Waals surface area contributed by atoms with Crippen LogP contribution < -0.4 is 9.47 Å². The molecule has 0 radical (unpaired) electrons. The van der Waals surface area contributed by atoms with Crippen LogP contribution in [0.3, 0.4) is 0 Å². The molecule has 0 heterocycles. The Morgan fingerprint density at radius 2 is 0.871 bits per heavy atom. The molecule has 0 saturated carbocycles. The van der Waals surface area contributed by atoms with Crippen LogP contribution in [-0.4, -0.2) is 44.6 Å². The van der Waals surface area contributed by atoms with Crippen molar-refractivity contribution in [1.82, 2.24) is 0 Å². The first-order chi connectivity index (χ1) is 30.4. The molecule has 0 fully saturated rings. The van der Waals surface area contributed by atoms with Gasteiger partial charge in [-0.15, -0.1) is 0 Å². The Morgan fingerprint density at radius 3 is 1.37 bits per heavy atom. The summed E-state index contributed by atoms with van der Waals surface area (Å²) in [4.78, 5) is 26.4. The molecular weight excluding hydrogens is 775 g/mol. The average molecular weight is 844 g/mol. The Hall–Kier alpha value is -5.83. The highest BCUT2D eigenvalue weighted by atomic mass is 16.5. The second kappa shape index (κ2) is 32.9. The van der Waals surface area contributed by atoms with Crippen LogP contribution in [0.25, 0.3) is 0 Å². The van der Waals surface area contributed by atoms with Gasteiger partial charge in [0.25, 0.3) is 0 Å². The zero-order valence-corrected chi connectivity index (χ0v) is 37.3. The van der Waals surface area contributed by atoms with Gasteiger partial charge in [-0.3, -0.25) is 4.99 Å². The van der Waals surface area contributed by atoms with Crippen molar-refractivity contribution in [2.45, 2.75) is 117 Å². The summed E-state index contributed by atoms with van der Waals surface area (Å²) in [6.07, 6.45) is 21.8. The van der Waals surface area contributed by atoms with E-state index in [1.807, 2.05) is 66.9 Å². The van der Waals surface area contributed by atoms with Crippen molar-refractivity contribution in [2.24, 2.45) is 15.2 Å². The molecule has 4 aromatic rings. The number of carbonyl (C=O) groups is 2. The third-order valence-corrected chi connectivity index (χ3v) is 9.81. The number of unbranched alkanes of at least 4 members (excludes halogenated alkanes) is 10. The molecule has 0 amide bonds. The predicted molar refractivity (Wildman–Crippen MR) is 254 cm³/mol. The number of benzene rings is 4. The molecule has 0 aliphatic carbocycles. The number of rotatable bonds is 30. The van der Waals surface area contributed by atoms with E-state index in [0.717, 1.165) is 124 Å². The minimum Gasteiger partial charge on any atom is -0.494 e. The van der Waals surface area contributed by atoms with Gasteiger partial charge in [0.2, 0.25) is 0 Å². The fourth-order valence-corrected chi connectivity index (χ4v) is 6.07. The molecule has 0 aliphatic heterocycles. The molecule has 0 N–H and O–H groups in total. The molecule has 4 aromatic carbocycles. The van der Waals surface area contributed by atoms with Crippen molar-refractivity contribution < 1.29 is 28.5 Å². The first kappa shape index (κ1) is 50.5. The normalized spacial score (nSPS) is 10.9. The van der Waals surface area contributed by atoms with Crippen LogP contribution in [0.2, 0.25) is 0 Å². The van der Waals surface area contributed by atoms with Gasteiger partial charge in [-0.1, -0.05) is 103 Å². The molecule has 332 valence electrons. The maximum atomic E-state index is 10.9. The van der Waals surface area contributed by atoms with E-state index >= 15 is 0 Å². The SMILES string of the molecule is C=CC(=O)OCCCCCCCOc1ccc(C=Nc2ccc(CCCC)cc2)cc1.C=CC(=O)OCCCCCCCc1ccc(N=Nc2ccc(OCCCC)cc2)cc1. The van der Waals surface area contributed by atoms with Gasteiger partial charge in [0, 0.05) is 18.4 Å². The first-order valence-electron chi connectivity index (χ1n) is 22.6. The fraction of sp³-hybridized carbons (Fsp3) is 0.415. The van der Waals surface area contributed by atoms with E-state index in [2.05, 4.69) is 78.6 Å². The van der Waals surface area contributed by atoms with Crippen LogP contribution in [0.5, 0.6) is 11.5 Å². The van der Waals surface area contributed by atoms with Crippen molar-refractivity contribution in [3.8, 4) is 11.5 Å². The van der Waals surface area contributed by atoms with Crippen LogP contribution in [0.1, 0.15) is 120 Å². The molecule has 0 aromatic heterocycles. The highest BCUT2D eigenvalue weighted by molar-refractivity contribution is 5.82. The topological polar surface area (TPSA) is 108 Å². The number of aryl methyl sites for hydroxylation is 2. The van der Waals surface area contributed by atoms with Gasteiger partial charge in [0.1, 0.15) is 11.5 Å². The summed E-state index contributed by atoms with van der Waals surface area (Å²) in [7, 11) is 0. The Labute approximate surface area is 371 Å². The fourth-order valence-electron chi connectivity index (χ4n) is 6.07. The molecule has 0 atom stereocenters. The summed E-state index contributed by atoms with van der Waals surface area (Å²) < 4.78 is 21.4. The zero-order valence-electron chi connectivity index (χ0n) is 37.3. The number of hydrogen-bond acceptors (Lipinski definition) is 9. The smallest absolute Gasteiger partial charge is 0.330 e. The highest BCUT2D eigenvalue weighted by Crippen LogP contribution is 2.23. The van der Waals surface area contributed by atoms with E-state index in [1.54, 1.807) is 0 Å². The predicted octanol–water partition coefficient (Wildman–Crippen LogP) is 14.3. The van der Waals surface area contributed by atoms with Crippen molar-refractivity contribution in [3.63, 3.8) is 0 Å². The Bertz CT molecular complexity index is 1870. The summed E-state index contributed by atoms with van der Waals surface area (Å²) in [6, 6.07) is 32.5. The lowest BCUT2D eigenvalue weighted by atomic mass is 10.1. The van der Waals surface area contributed by atoms with E-state index in [9.17, 15) is 9.59 Å². The number of azo groups is 1. The maximum absolute atomic E-state index is 10.9. The average Bonchev–Trinajstić information content (AvgIpc) is 3.31. The van der Waals surface area contributed by atoms with E-state index in [0.29, 0.717) is 19.8 Å². The van der Waals surface area contributed by atoms with Crippen molar-refractivity contribution >= 4 is 35.2 Å². The van der Waals surface area contributed by atoms with Gasteiger partial charge < -0.3 is 18.9 Å². The molecule has 0 bridgehead atoms. The van der Waals surface area contributed by atoms with E-state index in [1.165, 1.54) is 42.5 Å². The first-order valence-corrected chi connectivity index (χ1v) is 22.6. The molecule has 62 heavy (non-hydrogen) atoms. The van der Waals surface area contributed by atoms with Crippen LogP contribution in [0, 0.1) is 0 Å². The van der Waals surface area contributed by atoms with Crippen LogP contribution in [-0.2, 0) is 31.9 Å². The number of hydrogen-bond donors (Lipinski definition) is 0. The molecule has 0 spiro atoms. The summed E-state index contributed by atoms with van der Waals surface area (Å²) in [5.41, 5.74) is 6.37. The lowest BCUT2D eigenvalue weighted by molar-refractivity contribution is -0.138. The molecule has 0 saturated heterocycles. The second-order valence-electron chi connectivity index (χ2n) is 15.0. The third kappa shape index (κ3) is 23.8. The number of aliphatic imine (C=N–C) groups is 1. The highest BCUT2D eigenvalue weighted by Gasteiger charge is 2.01. The Balaban J connectivity index is 0.000000330. The van der Waals surface area contributed by atoms with E-state index in [4.69, 9.17) is 18.9 Å². The molecule has 0 unspecified atom stereocenters. The van der Waals surface area contributed by atoms with E-state index in [-0.39, 0.29) is 11.9 Å². The van der Waals surface area contributed by atoms with Gasteiger partial charge >= 0.3 is 11.9 Å². The van der Waals surface area contributed by atoms with Crippen molar-refractivity contribution in [1.29, 1.82) is 0 Å². The van der Waals surface area contributed by atoms with Gasteiger partial charge in [-0.05, 0) is 141 Å². The summed E-state index contributed by atoms with van der Waals surface area (Å²) in [5, 5.41) is 8.63. The monoisotopic (exact) mass is 844 g/mol. The minimum atomic E-state index is -0.345. The lowest BCUT2D eigenvalue weighted by Gasteiger charge is -2.06. The second-order valence-corrected chi connectivity index (χ2v) is 15.0. The van der Waals surface area contributed by atoms with Crippen LogP contribution >= 0.6 is 0 Å². The molecule has 9 nitrogen and oxygen atoms in total. The number of ether oxygens (including phenoxy) is 4. The van der Waals surface area contributed by atoms with Gasteiger partial charge in [-0.25, -0.2) is 9.59 Å². The maximum Gasteiger partial charge on any atom is 0.330 e. The third-order valence-electron chi connectivity index (χ3n) is 9.81. The Morgan fingerprint density at radius 1 is 0.468 bits per heavy atom.